The lowest BCUT2D eigenvalue weighted by molar-refractivity contribution is -0.131. The van der Waals surface area contributed by atoms with E-state index in [1.807, 2.05) is 47.4 Å². The van der Waals surface area contributed by atoms with Crippen LogP contribution in [-0.2, 0) is 11.3 Å². The van der Waals surface area contributed by atoms with Gasteiger partial charge in [-0.3, -0.25) is 14.2 Å². The number of anilines is 1. The number of fused-ring (bicyclic) bond motifs is 2. The lowest BCUT2D eigenvalue weighted by Crippen LogP contribution is -2.36. The Morgan fingerprint density at radius 1 is 0.968 bits per heavy atom. The van der Waals surface area contributed by atoms with Crippen molar-refractivity contribution in [2.24, 2.45) is 0 Å². The van der Waals surface area contributed by atoms with Crippen LogP contribution in [0.15, 0.2) is 59.7 Å². The number of nitrogens with zero attached hydrogens (tertiary/aromatic N) is 5. The van der Waals surface area contributed by atoms with E-state index in [-0.39, 0.29) is 17.9 Å². The normalized spacial score (nSPS) is 14.8. The predicted octanol–water partition coefficient (Wildman–Crippen LogP) is 2.40. The van der Waals surface area contributed by atoms with Crippen molar-refractivity contribution in [2.75, 3.05) is 31.1 Å². The molecule has 1 N–H and O–H groups in total. The van der Waals surface area contributed by atoms with Crippen molar-refractivity contribution in [3.8, 4) is 0 Å². The van der Waals surface area contributed by atoms with Gasteiger partial charge in [-0.1, -0.05) is 24.3 Å². The smallest absolute Gasteiger partial charge is 0.261 e. The molecule has 2 aromatic heterocycles. The molecule has 0 aliphatic carbocycles. The molecule has 1 saturated heterocycles. The molecule has 1 amide bonds. The molecule has 1 aliphatic rings. The first kappa shape index (κ1) is 19.3. The standard InChI is InChI=1S/C23H24N6O2/c30-21(10-13-29-16-24-18-7-2-1-6-17(18)22(29)31)27-11-5-12-28(15-14-27)23-25-19-8-3-4-9-20(19)26-23/h1-4,6-9,16H,5,10-15H2,(H,25,26). The van der Waals surface area contributed by atoms with Crippen LogP contribution in [0.5, 0.6) is 0 Å². The van der Waals surface area contributed by atoms with Crippen molar-refractivity contribution in [3.05, 3.63) is 65.2 Å². The molecule has 0 unspecified atom stereocenters. The van der Waals surface area contributed by atoms with Crippen LogP contribution in [0.25, 0.3) is 21.9 Å². The first-order valence-electron chi connectivity index (χ1n) is 10.6. The highest BCUT2D eigenvalue weighted by Crippen LogP contribution is 2.18. The summed E-state index contributed by atoms with van der Waals surface area (Å²) in [5.74, 6) is 0.913. The van der Waals surface area contributed by atoms with Crippen LogP contribution in [0.2, 0.25) is 0 Å². The summed E-state index contributed by atoms with van der Waals surface area (Å²) in [5.41, 5.74) is 2.53. The fourth-order valence-corrected chi connectivity index (χ4v) is 4.11. The van der Waals surface area contributed by atoms with E-state index in [2.05, 4.69) is 19.9 Å². The number of nitrogens with one attached hydrogen (secondary N) is 1. The molecule has 158 valence electrons. The molecule has 1 fully saturated rings. The number of hydrogen-bond acceptors (Lipinski definition) is 5. The molecule has 0 saturated carbocycles. The van der Waals surface area contributed by atoms with Gasteiger partial charge in [-0.2, -0.15) is 0 Å². The van der Waals surface area contributed by atoms with Gasteiger partial charge in [0, 0.05) is 39.1 Å². The zero-order chi connectivity index (χ0) is 21.2. The average Bonchev–Trinajstić information content (AvgIpc) is 3.08. The Labute approximate surface area is 179 Å². The van der Waals surface area contributed by atoms with Gasteiger partial charge in [-0.25, -0.2) is 9.97 Å². The van der Waals surface area contributed by atoms with Crippen LogP contribution < -0.4 is 10.5 Å². The van der Waals surface area contributed by atoms with Crippen molar-refractivity contribution in [1.82, 2.24) is 24.4 Å². The number of H-pyrrole nitrogens is 1. The molecule has 0 spiro atoms. The summed E-state index contributed by atoms with van der Waals surface area (Å²) >= 11 is 0. The predicted molar refractivity (Wildman–Crippen MR) is 120 cm³/mol. The fraction of sp³-hybridized carbons (Fsp3) is 0.304. The monoisotopic (exact) mass is 416 g/mol. The fourth-order valence-electron chi connectivity index (χ4n) is 4.11. The van der Waals surface area contributed by atoms with Gasteiger partial charge in [0.2, 0.25) is 11.9 Å². The summed E-state index contributed by atoms with van der Waals surface area (Å²) in [5, 5.41) is 0.577. The molecule has 0 atom stereocenters. The number of aromatic amines is 1. The number of aryl methyl sites for hydroxylation is 1. The minimum atomic E-state index is -0.106. The summed E-state index contributed by atoms with van der Waals surface area (Å²) in [7, 11) is 0. The highest BCUT2D eigenvalue weighted by atomic mass is 16.2. The third-order valence-corrected chi connectivity index (χ3v) is 5.82. The second-order valence-corrected chi connectivity index (χ2v) is 7.81. The highest BCUT2D eigenvalue weighted by Gasteiger charge is 2.21. The summed E-state index contributed by atoms with van der Waals surface area (Å²) in [6, 6.07) is 15.2. The molecular formula is C23H24N6O2. The topological polar surface area (TPSA) is 87.1 Å². The van der Waals surface area contributed by atoms with E-state index in [1.165, 1.54) is 10.9 Å². The van der Waals surface area contributed by atoms with Gasteiger partial charge in [-0.05, 0) is 30.7 Å². The van der Waals surface area contributed by atoms with Gasteiger partial charge in [0.15, 0.2) is 0 Å². The van der Waals surface area contributed by atoms with E-state index in [1.54, 1.807) is 6.07 Å². The molecule has 5 rings (SSSR count). The number of aromatic nitrogens is 4. The molecule has 2 aromatic carbocycles. The van der Waals surface area contributed by atoms with E-state index in [4.69, 9.17) is 0 Å². The van der Waals surface area contributed by atoms with Crippen molar-refractivity contribution in [1.29, 1.82) is 0 Å². The van der Waals surface area contributed by atoms with E-state index >= 15 is 0 Å². The zero-order valence-corrected chi connectivity index (χ0v) is 17.2. The number of para-hydroxylation sites is 3. The first-order chi connectivity index (χ1) is 15.2. The maximum atomic E-state index is 12.8. The average molecular weight is 416 g/mol. The zero-order valence-electron chi connectivity index (χ0n) is 17.2. The highest BCUT2D eigenvalue weighted by molar-refractivity contribution is 5.78. The summed E-state index contributed by atoms with van der Waals surface area (Å²) < 4.78 is 1.53. The van der Waals surface area contributed by atoms with Crippen molar-refractivity contribution < 1.29 is 4.79 Å². The van der Waals surface area contributed by atoms with Crippen LogP contribution >= 0.6 is 0 Å². The van der Waals surface area contributed by atoms with Crippen LogP contribution in [0.3, 0.4) is 0 Å². The Morgan fingerprint density at radius 2 is 1.77 bits per heavy atom. The lowest BCUT2D eigenvalue weighted by atomic mass is 10.2. The van der Waals surface area contributed by atoms with Crippen LogP contribution in [0.4, 0.5) is 5.95 Å². The number of carbonyl (C=O) groups excluding carboxylic acids is 1. The van der Waals surface area contributed by atoms with Gasteiger partial charge in [0.25, 0.3) is 5.56 Å². The molecule has 8 nitrogen and oxygen atoms in total. The largest absolute Gasteiger partial charge is 0.341 e. The van der Waals surface area contributed by atoms with E-state index in [9.17, 15) is 9.59 Å². The number of imidazole rings is 1. The molecule has 4 aromatic rings. The Balaban J connectivity index is 1.22. The van der Waals surface area contributed by atoms with E-state index in [0.29, 0.717) is 30.5 Å². The van der Waals surface area contributed by atoms with Crippen LogP contribution in [0.1, 0.15) is 12.8 Å². The summed E-state index contributed by atoms with van der Waals surface area (Å²) in [6.07, 6.45) is 2.69. The maximum Gasteiger partial charge on any atom is 0.261 e. The lowest BCUT2D eigenvalue weighted by Gasteiger charge is -2.22. The Hall–Kier alpha value is -3.68. The Bertz CT molecular complexity index is 1260. The SMILES string of the molecule is O=C(CCn1cnc2ccccc2c1=O)N1CCCN(c2nc3ccccc3[nH]2)CC1. The molecule has 31 heavy (non-hydrogen) atoms. The van der Waals surface area contributed by atoms with Crippen molar-refractivity contribution in [3.63, 3.8) is 0 Å². The van der Waals surface area contributed by atoms with Gasteiger partial charge in [0.05, 0.1) is 28.3 Å². The van der Waals surface area contributed by atoms with Gasteiger partial charge in [0.1, 0.15) is 0 Å². The van der Waals surface area contributed by atoms with Crippen molar-refractivity contribution >= 4 is 33.8 Å². The number of hydrogen-bond donors (Lipinski definition) is 1. The van der Waals surface area contributed by atoms with Gasteiger partial charge < -0.3 is 14.8 Å². The van der Waals surface area contributed by atoms with E-state index < -0.39 is 0 Å². The second kappa shape index (κ2) is 8.22. The molecule has 0 bridgehead atoms. The summed E-state index contributed by atoms with van der Waals surface area (Å²) in [4.78, 5) is 41.9. The maximum absolute atomic E-state index is 12.8. The van der Waals surface area contributed by atoms with E-state index in [0.717, 1.165) is 36.5 Å². The van der Waals surface area contributed by atoms with Crippen LogP contribution in [0, 0.1) is 0 Å². The molecule has 3 heterocycles. The third-order valence-electron chi connectivity index (χ3n) is 5.82. The van der Waals surface area contributed by atoms with Gasteiger partial charge >= 0.3 is 0 Å². The molecule has 8 heteroatoms. The number of carbonyl (C=O) groups is 1. The minimum Gasteiger partial charge on any atom is -0.341 e. The first-order valence-corrected chi connectivity index (χ1v) is 10.6. The number of rotatable bonds is 4. The Kier molecular flexibility index (Phi) is 5.11. The second-order valence-electron chi connectivity index (χ2n) is 7.81. The van der Waals surface area contributed by atoms with Crippen molar-refractivity contribution in [2.45, 2.75) is 19.4 Å². The quantitative estimate of drug-likeness (QED) is 0.552. The number of amides is 1. The van der Waals surface area contributed by atoms with Gasteiger partial charge in [-0.15, -0.1) is 0 Å². The molecule has 0 radical (unpaired) electrons. The van der Waals surface area contributed by atoms with Crippen LogP contribution in [-0.4, -0.2) is 56.5 Å². The summed E-state index contributed by atoms with van der Waals surface area (Å²) in [6.45, 7) is 3.25. The minimum absolute atomic E-state index is 0.0616. The third kappa shape index (κ3) is 3.88. The molecular weight excluding hydrogens is 392 g/mol. The molecule has 1 aliphatic heterocycles. The number of benzene rings is 2. The Morgan fingerprint density at radius 3 is 2.65 bits per heavy atom.